The molecule has 0 aliphatic heterocycles. The van der Waals surface area contributed by atoms with Crippen LogP contribution in [0, 0.1) is 12.7 Å². The molecule has 0 amide bonds. The lowest BCUT2D eigenvalue weighted by molar-refractivity contribution is -0.145. The summed E-state index contributed by atoms with van der Waals surface area (Å²) in [4.78, 5) is 11.4. The van der Waals surface area contributed by atoms with Gasteiger partial charge >= 0.3 is 5.97 Å². The Morgan fingerprint density at radius 3 is 2.82 bits per heavy atom. The Morgan fingerprint density at radius 1 is 1.53 bits per heavy atom. The summed E-state index contributed by atoms with van der Waals surface area (Å²) in [6.07, 6.45) is 0. The van der Waals surface area contributed by atoms with E-state index in [1.807, 2.05) is 6.92 Å². The van der Waals surface area contributed by atoms with Crippen LogP contribution in [0.1, 0.15) is 25.0 Å². The molecule has 1 atom stereocenters. The molecule has 0 heterocycles. The van der Waals surface area contributed by atoms with Crippen LogP contribution >= 0.6 is 0 Å². The zero-order chi connectivity index (χ0) is 12.8. The molecule has 1 aromatic rings. The molecule has 4 heteroatoms. The summed E-state index contributed by atoms with van der Waals surface area (Å²) < 4.78 is 17.8. The molecule has 0 aliphatic rings. The molecule has 1 N–H and O–H groups in total. The molecule has 1 unspecified atom stereocenters. The predicted molar refractivity (Wildman–Crippen MR) is 64.1 cm³/mol. The molecule has 0 spiro atoms. The zero-order valence-electron chi connectivity index (χ0n) is 10.4. The van der Waals surface area contributed by atoms with E-state index in [4.69, 9.17) is 4.74 Å². The van der Waals surface area contributed by atoms with Gasteiger partial charge in [0.2, 0.25) is 0 Å². The van der Waals surface area contributed by atoms with Crippen LogP contribution in [0.4, 0.5) is 4.39 Å². The molecule has 0 fully saturated rings. The van der Waals surface area contributed by atoms with E-state index in [9.17, 15) is 9.18 Å². The van der Waals surface area contributed by atoms with E-state index in [-0.39, 0.29) is 17.8 Å². The van der Waals surface area contributed by atoms with Crippen molar-refractivity contribution in [3.05, 3.63) is 35.1 Å². The maximum atomic E-state index is 12.9. The van der Waals surface area contributed by atoms with E-state index in [0.29, 0.717) is 13.2 Å². The lowest BCUT2D eigenvalue weighted by atomic mass is 10.1. The third kappa shape index (κ3) is 4.15. The molecule has 0 radical (unpaired) electrons. The maximum absolute atomic E-state index is 12.9. The SMILES string of the molecule is CCOC(=O)C(C)NCc1ccc(F)cc1C. The van der Waals surface area contributed by atoms with Crippen LogP contribution in [0.3, 0.4) is 0 Å². The maximum Gasteiger partial charge on any atom is 0.322 e. The largest absolute Gasteiger partial charge is 0.465 e. The second-order valence-corrected chi connectivity index (χ2v) is 3.93. The van der Waals surface area contributed by atoms with Crippen LogP contribution in [-0.4, -0.2) is 18.6 Å². The number of aryl methyl sites for hydroxylation is 1. The Kier molecular flexibility index (Phi) is 5.10. The Balaban J connectivity index is 2.52. The average molecular weight is 239 g/mol. The summed E-state index contributed by atoms with van der Waals surface area (Å²) >= 11 is 0. The van der Waals surface area contributed by atoms with Gasteiger partial charge in [0.05, 0.1) is 6.61 Å². The van der Waals surface area contributed by atoms with Crippen LogP contribution in [-0.2, 0) is 16.1 Å². The van der Waals surface area contributed by atoms with Gasteiger partial charge in [-0.1, -0.05) is 6.07 Å². The number of carbonyl (C=O) groups excluding carboxylic acids is 1. The van der Waals surface area contributed by atoms with E-state index in [1.165, 1.54) is 12.1 Å². The van der Waals surface area contributed by atoms with Gasteiger partial charge < -0.3 is 10.1 Å². The third-order valence-electron chi connectivity index (χ3n) is 2.54. The summed E-state index contributed by atoms with van der Waals surface area (Å²) in [6.45, 7) is 6.26. The van der Waals surface area contributed by atoms with Gasteiger partial charge in [-0.05, 0) is 44.0 Å². The second-order valence-electron chi connectivity index (χ2n) is 3.93. The Labute approximate surface area is 101 Å². The van der Waals surface area contributed by atoms with Gasteiger partial charge in [0, 0.05) is 6.54 Å². The Hall–Kier alpha value is -1.42. The van der Waals surface area contributed by atoms with Gasteiger partial charge in [-0.3, -0.25) is 4.79 Å². The number of hydrogen-bond acceptors (Lipinski definition) is 3. The number of carbonyl (C=O) groups is 1. The minimum Gasteiger partial charge on any atom is -0.465 e. The molecular formula is C13H18FNO2. The molecule has 0 aliphatic carbocycles. The molecule has 1 rings (SSSR count). The molecular weight excluding hydrogens is 221 g/mol. The molecule has 0 bridgehead atoms. The van der Waals surface area contributed by atoms with Crippen molar-refractivity contribution in [2.45, 2.75) is 33.4 Å². The van der Waals surface area contributed by atoms with E-state index in [0.717, 1.165) is 11.1 Å². The zero-order valence-corrected chi connectivity index (χ0v) is 10.4. The van der Waals surface area contributed by atoms with E-state index >= 15 is 0 Å². The molecule has 0 saturated heterocycles. The van der Waals surface area contributed by atoms with Gasteiger partial charge in [-0.15, -0.1) is 0 Å². The quantitative estimate of drug-likeness (QED) is 0.800. The molecule has 94 valence electrons. The van der Waals surface area contributed by atoms with Crippen molar-refractivity contribution in [2.75, 3.05) is 6.61 Å². The standard InChI is InChI=1S/C13H18FNO2/c1-4-17-13(16)10(3)15-8-11-5-6-12(14)7-9(11)2/h5-7,10,15H,4,8H2,1-3H3. The fourth-order valence-electron chi connectivity index (χ4n) is 1.47. The fourth-order valence-corrected chi connectivity index (χ4v) is 1.47. The van der Waals surface area contributed by atoms with Gasteiger partial charge in [-0.25, -0.2) is 4.39 Å². The van der Waals surface area contributed by atoms with Crippen LogP contribution < -0.4 is 5.32 Å². The minimum absolute atomic E-state index is 0.246. The highest BCUT2D eigenvalue weighted by Crippen LogP contribution is 2.10. The van der Waals surface area contributed by atoms with Crippen molar-refractivity contribution < 1.29 is 13.9 Å². The van der Waals surface area contributed by atoms with Crippen molar-refractivity contribution in [2.24, 2.45) is 0 Å². The topological polar surface area (TPSA) is 38.3 Å². The average Bonchev–Trinajstić information content (AvgIpc) is 2.27. The lowest BCUT2D eigenvalue weighted by Crippen LogP contribution is -2.35. The molecule has 0 saturated carbocycles. The first-order chi connectivity index (χ1) is 8.04. The number of ether oxygens (including phenoxy) is 1. The molecule has 3 nitrogen and oxygen atoms in total. The van der Waals surface area contributed by atoms with Gasteiger partial charge in [0.15, 0.2) is 0 Å². The van der Waals surface area contributed by atoms with Crippen LogP contribution in [0.2, 0.25) is 0 Å². The normalized spacial score (nSPS) is 12.2. The monoisotopic (exact) mass is 239 g/mol. The summed E-state index contributed by atoms with van der Waals surface area (Å²) in [5.41, 5.74) is 1.84. The smallest absolute Gasteiger partial charge is 0.322 e. The summed E-state index contributed by atoms with van der Waals surface area (Å²) in [5, 5.41) is 3.05. The predicted octanol–water partition coefficient (Wildman–Crippen LogP) is 2.18. The Morgan fingerprint density at radius 2 is 2.24 bits per heavy atom. The summed E-state index contributed by atoms with van der Waals surface area (Å²) in [6, 6.07) is 4.25. The highest BCUT2D eigenvalue weighted by molar-refractivity contribution is 5.75. The number of benzene rings is 1. The number of halogens is 1. The van der Waals surface area contributed by atoms with Crippen LogP contribution in [0.15, 0.2) is 18.2 Å². The van der Waals surface area contributed by atoms with Crippen molar-refractivity contribution in [1.82, 2.24) is 5.32 Å². The first-order valence-electron chi connectivity index (χ1n) is 5.69. The highest BCUT2D eigenvalue weighted by atomic mass is 19.1. The second kappa shape index (κ2) is 6.35. The van der Waals surface area contributed by atoms with Crippen molar-refractivity contribution >= 4 is 5.97 Å². The molecule has 1 aromatic carbocycles. The van der Waals surface area contributed by atoms with Crippen LogP contribution in [0.5, 0.6) is 0 Å². The third-order valence-corrected chi connectivity index (χ3v) is 2.54. The van der Waals surface area contributed by atoms with Crippen molar-refractivity contribution in [3.63, 3.8) is 0 Å². The molecule has 0 aromatic heterocycles. The number of rotatable bonds is 5. The summed E-state index contributed by atoms with van der Waals surface area (Å²) in [7, 11) is 0. The highest BCUT2D eigenvalue weighted by Gasteiger charge is 2.13. The minimum atomic E-state index is -0.362. The number of nitrogens with one attached hydrogen (secondary N) is 1. The van der Waals surface area contributed by atoms with E-state index < -0.39 is 0 Å². The van der Waals surface area contributed by atoms with Gasteiger partial charge in [-0.2, -0.15) is 0 Å². The number of esters is 1. The lowest BCUT2D eigenvalue weighted by Gasteiger charge is -2.13. The number of hydrogen-bond donors (Lipinski definition) is 1. The van der Waals surface area contributed by atoms with E-state index in [1.54, 1.807) is 19.9 Å². The van der Waals surface area contributed by atoms with Crippen LogP contribution in [0.25, 0.3) is 0 Å². The Bertz CT molecular complexity index is 393. The fraction of sp³-hybridized carbons (Fsp3) is 0.462. The first-order valence-corrected chi connectivity index (χ1v) is 5.69. The van der Waals surface area contributed by atoms with E-state index in [2.05, 4.69) is 5.32 Å². The van der Waals surface area contributed by atoms with Gasteiger partial charge in [0.1, 0.15) is 11.9 Å². The van der Waals surface area contributed by atoms with Gasteiger partial charge in [0.25, 0.3) is 0 Å². The summed E-state index contributed by atoms with van der Waals surface area (Å²) in [5.74, 6) is -0.517. The van der Waals surface area contributed by atoms with Crippen molar-refractivity contribution in [3.8, 4) is 0 Å². The molecule has 17 heavy (non-hydrogen) atoms. The van der Waals surface area contributed by atoms with Crippen molar-refractivity contribution in [1.29, 1.82) is 0 Å². The first kappa shape index (κ1) is 13.6.